The second-order valence-electron chi connectivity index (χ2n) is 5.22. The zero-order chi connectivity index (χ0) is 14.8. The standard InChI is InChI=1S/C14H22N2O3S/c1-11-13(8-15)4-3-5-14(11)20(17,18)16-7-6-12(9-16)10-19-2/h3-5,12H,6-10,15H2,1-2H3. The summed E-state index contributed by atoms with van der Waals surface area (Å²) in [6.45, 7) is 3.86. The molecule has 1 saturated heterocycles. The van der Waals surface area contributed by atoms with E-state index in [4.69, 9.17) is 10.5 Å². The van der Waals surface area contributed by atoms with E-state index in [9.17, 15) is 8.42 Å². The van der Waals surface area contributed by atoms with Gasteiger partial charge >= 0.3 is 0 Å². The SMILES string of the molecule is COCC1CCN(S(=O)(=O)c2cccc(CN)c2C)C1. The number of nitrogens with zero attached hydrogens (tertiary/aromatic N) is 1. The predicted molar refractivity (Wildman–Crippen MR) is 77.8 cm³/mol. The Labute approximate surface area is 120 Å². The minimum Gasteiger partial charge on any atom is -0.384 e. The van der Waals surface area contributed by atoms with Gasteiger partial charge in [-0.25, -0.2) is 8.42 Å². The van der Waals surface area contributed by atoms with Gasteiger partial charge in [0.05, 0.1) is 11.5 Å². The van der Waals surface area contributed by atoms with E-state index in [0.717, 1.165) is 17.5 Å². The molecule has 6 heteroatoms. The van der Waals surface area contributed by atoms with Crippen molar-refractivity contribution in [2.75, 3.05) is 26.8 Å². The molecule has 0 saturated carbocycles. The predicted octanol–water partition coefficient (Wildman–Crippen LogP) is 1.11. The molecule has 1 unspecified atom stereocenters. The molecule has 0 aromatic heterocycles. The van der Waals surface area contributed by atoms with Crippen LogP contribution in [0.25, 0.3) is 0 Å². The Hall–Kier alpha value is -0.950. The van der Waals surface area contributed by atoms with E-state index < -0.39 is 10.0 Å². The second-order valence-corrected chi connectivity index (χ2v) is 7.12. The van der Waals surface area contributed by atoms with Gasteiger partial charge in [-0.3, -0.25) is 0 Å². The number of nitrogens with two attached hydrogens (primary N) is 1. The van der Waals surface area contributed by atoms with Crippen molar-refractivity contribution in [1.82, 2.24) is 4.31 Å². The van der Waals surface area contributed by atoms with E-state index in [1.807, 2.05) is 13.0 Å². The molecule has 1 aliphatic heterocycles. The maximum absolute atomic E-state index is 12.7. The minimum atomic E-state index is -3.43. The van der Waals surface area contributed by atoms with Gasteiger partial charge in [0.1, 0.15) is 0 Å². The lowest BCUT2D eigenvalue weighted by Gasteiger charge is -2.19. The summed E-state index contributed by atoms with van der Waals surface area (Å²) in [5, 5.41) is 0. The fourth-order valence-electron chi connectivity index (χ4n) is 2.69. The number of hydrogen-bond acceptors (Lipinski definition) is 4. The number of benzene rings is 1. The van der Waals surface area contributed by atoms with Gasteiger partial charge in [-0.15, -0.1) is 0 Å². The summed E-state index contributed by atoms with van der Waals surface area (Å²) in [6, 6.07) is 5.28. The van der Waals surface area contributed by atoms with Crippen LogP contribution in [0.15, 0.2) is 23.1 Å². The molecule has 1 aromatic rings. The van der Waals surface area contributed by atoms with E-state index in [1.54, 1.807) is 23.5 Å². The summed E-state index contributed by atoms with van der Waals surface area (Å²) >= 11 is 0. The van der Waals surface area contributed by atoms with E-state index in [2.05, 4.69) is 0 Å². The van der Waals surface area contributed by atoms with E-state index >= 15 is 0 Å². The minimum absolute atomic E-state index is 0.285. The summed E-state index contributed by atoms with van der Waals surface area (Å²) in [4.78, 5) is 0.374. The zero-order valence-corrected chi connectivity index (χ0v) is 12.8. The fourth-order valence-corrected chi connectivity index (χ4v) is 4.49. The normalized spacial score (nSPS) is 20.4. The lowest BCUT2D eigenvalue weighted by atomic mass is 10.1. The highest BCUT2D eigenvalue weighted by Gasteiger charge is 2.33. The molecule has 0 aliphatic carbocycles. The van der Waals surface area contributed by atoms with Crippen LogP contribution in [0.3, 0.4) is 0 Å². The van der Waals surface area contributed by atoms with Crippen molar-refractivity contribution < 1.29 is 13.2 Å². The molecular formula is C14H22N2O3S. The first kappa shape index (κ1) is 15.4. The Balaban J connectivity index is 2.28. The Morgan fingerprint density at radius 2 is 2.20 bits per heavy atom. The first-order chi connectivity index (χ1) is 9.50. The Morgan fingerprint density at radius 3 is 2.85 bits per heavy atom. The molecule has 1 aromatic carbocycles. The monoisotopic (exact) mass is 298 g/mol. The maximum atomic E-state index is 12.7. The van der Waals surface area contributed by atoms with Gasteiger partial charge in [0.15, 0.2) is 0 Å². The molecule has 0 bridgehead atoms. The largest absolute Gasteiger partial charge is 0.384 e. The zero-order valence-electron chi connectivity index (χ0n) is 12.0. The topological polar surface area (TPSA) is 72.6 Å². The van der Waals surface area contributed by atoms with Crippen LogP contribution in [0.2, 0.25) is 0 Å². The van der Waals surface area contributed by atoms with Crippen LogP contribution in [0.5, 0.6) is 0 Å². The molecule has 1 fully saturated rings. The average Bonchev–Trinajstić information content (AvgIpc) is 2.88. The number of hydrogen-bond donors (Lipinski definition) is 1. The van der Waals surface area contributed by atoms with Gasteiger partial charge in [-0.05, 0) is 36.5 Å². The fraction of sp³-hybridized carbons (Fsp3) is 0.571. The third kappa shape index (κ3) is 2.88. The molecule has 1 heterocycles. The van der Waals surface area contributed by atoms with Crippen molar-refractivity contribution in [1.29, 1.82) is 0 Å². The summed E-state index contributed by atoms with van der Waals surface area (Å²) in [5.74, 6) is 0.285. The van der Waals surface area contributed by atoms with Crippen molar-refractivity contribution in [3.05, 3.63) is 29.3 Å². The average molecular weight is 298 g/mol. The highest BCUT2D eigenvalue weighted by atomic mass is 32.2. The van der Waals surface area contributed by atoms with Crippen LogP contribution in [0.1, 0.15) is 17.5 Å². The Kier molecular flexibility index (Phi) is 4.80. The molecule has 0 radical (unpaired) electrons. The molecule has 0 spiro atoms. The van der Waals surface area contributed by atoms with E-state index in [-0.39, 0.29) is 5.92 Å². The highest BCUT2D eigenvalue weighted by Crippen LogP contribution is 2.27. The third-order valence-corrected chi connectivity index (χ3v) is 5.89. The summed E-state index contributed by atoms with van der Waals surface area (Å²) in [5.41, 5.74) is 7.28. The van der Waals surface area contributed by atoms with Gasteiger partial charge in [0, 0.05) is 26.7 Å². The summed E-state index contributed by atoms with van der Waals surface area (Å²) in [7, 11) is -1.79. The van der Waals surface area contributed by atoms with Crippen LogP contribution >= 0.6 is 0 Å². The van der Waals surface area contributed by atoms with Gasteiger partial charge in [-0.1, -0.05) is 12.1 Å². The van der Waals surface area contributed by atoms with Crippen molar-refractivity contribution in [2.24, 2.45) is 11.7 Å². The number of ether oxygens (including phenoxy) is 1. The van der Waals surface area contributed by atoms with Crippen LogP contribution in [-0.2, 0) is 21.3 Å². The van der Waals surface area contributed by atoms with Crippen LogP contribution in [0.4, 0.5) is 0 Å². The number of rotatable bonds is 5. The lowest BCUT2D eigenvalue weighted by Crippen LogP contribution is -2.30. The van der Waals surface area contributed by atoms with Gasteiger partial charge in [0.2, 0.25) is 10.0 Å². The molecule has 5 nitrogen and oxygen atoms in total. The van der Waals surface area contributed by atoms with Crippen molar-refractivity contribution >= 4 is 10.0 Å². The number of methoxy groups -OCH3 is 1. The molecule has 2 rings (SSSR count). The summed E-state index contributed by atoms with van der Waals surface area (Å²) < 4.78 is 32.1. The lowest BCUT2D eigenvalue weighted by molar-refractivity contribution is 0.157. The van der Waals surface area contributed by atoms with Crippen molar-refractivity contribution in [2.45, 2.75) is 24.8 Å². The second kappa shape index (κ2) is 6.22. The van der Waals surface area contributed by atoms with Gasteiger partial charge in [0.25, 0.3) is 0 Å². The Bertz CT molecular complexity index is 572. The first-order valence-electron chi connectivity index (χ1n) is 6.78. The van der Waals surface area contributed by atoms with Gasteiger partial charge < -0.3 is 10.5 Å². The molecule has 0 amide bonds. The van der Waals surface area contributed by atoms with Crippen molar-refractivity contribution in [3.8, 4) is 0 Å². The maximum Gasteiger partial charge on any atom is 0.243 e. The first-order valence-corrected chi connectivity index (χ1v) is 8.22. The highest BCUT2D eigenvalue weighted by molar-refractivity contribution is 7.89. The third-order valence-electron chi connectivity index (χ3n) is 3.88. The smallest absolute Gasteiger partial charge is 0.243 e. The van der Waals surface area contributed by atoms with Crippen LogP contribution in [-0.4, -0.2) is 39.5 Å². The van der Waals surface area contributed by atoms with Gasteiger partial charge in [-0.2, -0.15) is 4.31 Å². The molecule has 20 heavy (non-hydrogen) atoms. The molecular weight excluding hydrogens is 276 g/mol. The molecule has 1 atom stereocenters. The van der Waals surface area contributed by atoms with E-state index in [0.29, 0.717) is 31.1 Å². The van der Waals surface area contributed by atoms with Crippen LogP contribution in [0, 0.1) is 12.8 Å². The molecule has 112 valence electrons. The molecule has 2 N–H and O–H groups in total. The number of sulfonamides is 1. The quantitative estimate of drug-likeness (QED) is 0.884. The summed E-state index contributed by atoms with van der Waals surface area (Å²) in [6.07, 6.45) is 0.850. The Morgan fingerprint density at radius 1 is 1.45 bits per heavy atom. The molecule has 1 aliphatic rings. The van der Waals surface area contributed by atoms with Crippen molar-refractivity contribution in [3.63, 3.8) is 0 Å². The van der Waals surface area contributed by atoms with Crippen LogP contribution < -0.4 is 5.73 Å². The van der Waals surface area contributed by atoms with E-state index in [1.165, 1.54) is 0 Å².